The van der Waals surface area contributed by atoms with Gasteiger partial charge in [-0.3, -0.25) is 9.59 Å². The number of rotatable bonds is 4. The van der Waals surface area contributed by atoms with E-state index >= 15 is 0 Å². The van der Waals surface area contributed by atoms with Crippen LogP contribution in [0.5, 0.6) is 11.5 Å². The average molecular weight is 384 g/mol. The molecule has 0 aromatic heterocycles. The summed E-state index contributed by atoms with van der Waals surface area (Å²) >= 11 is 0. The van der Waals surface area contributed by atoms with Crippen molar-refractivity contribution in [2.75, 3.05) is 0 Å². The third kappa shape index (κ3) is 3.72. The van der Waals surface area contributed by atoms with Gasteiger partial charge < -0.3 is 9.47 Å². The van der Waals surface area contributed by atoms with Crippen molar-refractivity contribution >= 4 is 11.6 Å². The van der Waals surface area contributed by atoms with Gasteiger partial charge in [-0.1, -0.05) is 13.0 Å². The van der Waals surface area contributed by atoms with Crippen LogP contribution in [0.2, 0.25) is 0 Å². The van der Waals surface area contributed by atoms with Gasteiger partial charge in [-0.25, -0.2) is 4.39 Å². The summed E-state index contributed by atoms with van der Waals surface area (Å²) in [6, 6.07) is 11.1. The van der Waals surface area contributed by atoms with Crippen molar-refractivity contribution in [3.8, 4) is 11.5 Å². The first-order chi connectivity index (χ1) is 13.0. The van der Waals surface area contributed by atoms with Gasteiger partial charge in [-0.05, 0) is 81.6 Å². The molecule has 1 aliphatic heterocycles. The maximum atomic E-state index is 13.1. The number of benzene rings is 2. The number of Topliss-reactive ketones (excluding diaryl/α,β-unsaturated/α-hetero) is 2. The minimum atomic E-state index is -1.05. The predicted molar refractivity (Wildman–Crippen MR) is 104 cm³/mol. The van der Waals surface area contributed by atoms with Crippen LogP contribution >= 0.6 is 0 Å². The Hall–Kier alpha value is -2.53. The molecule has 0 N–H and O–H groups in total. The van der Waals surface area contributed by atoms with E-state index in [1.807, 2.05) is 13.0 Å². The third-order valence-corrected chi connectivity index (χ3v) is 5.08. The molecule has 2 aromatic rings. The standard InChI is InChI=1S/C23H25FO4/c1-6-14-13-17(27-16-9-7-15(24)8-10-16)11-12-18(14)19-20(25)22(2,3)28-23(4,5)21(19)26/h7-13,19H,6H2,1-5H3. The summed E-state index contributed by atoms with van der Waals surface area (Å²) in [5.74, 6) is -0.598. The summed E-state index contributed by atoms with van der Waals surface area (Å²) < 4.78 is 24.6. The monoisotopic (exact) mass is 384 g/mol. The van der Waals surface area contributed by atoms with Crippen molar-refractivity contribution in [3.05, 3.63) is 59.4 Å². The van der Waals surface area contributed by atoms with Crippen molar-refractivity contribution in [3.63, 3.8) is 0 Å². The van der Waals surface area contributed by atoms with Crippen molar-refractivity contribution < 1.29 is 23.5 Å². The van der Waals surface area contributed by atoms with E-state index < -0.39 is 17.1 Å². The van der Waals surface area contributed by atoms with Crippen LogP contribution in [0.3, 0.4) is 0 Å². The SMILES string of the molecule is CCc1cc(Oc2ccc(F)cc2)ccc1C1C(=O)C(C)(C)OC(C)(C)C1=O. The number of ketones is 2. The van der Waals surface area contributed by atoms with Gasteiger partial charge in [0.1, 0.15) is 34.4 Å². The highest BCUT2D eigenvalue weighted by atomic mass is 19.1. The normalized spacial score (nSPS) is 18.9. The summed E-state index contributed by atoms with van der Waals surface area (Å²) in [6.07, 6.45) is 0.634. The molecule has 0 amide bonds. The van der Waals surface area contributed by atoms with Crippen LogP contribution in [0.25, 0.3) is 0 Å². The molecule has 3 rings (SSSR count). The fourth-order valence-corrected chi connectivity index (χ4v) is 3.71. The van der Waals surface area contributed by atoms with E-state index in [9.17, 15) is 14.0 Å². The van der Waals surface area contributed by atoms with E-state index in [0.717, 1.165) is 5.56 Å². The number of carbonyl (C=O) groups excluding carboxylic acids is 2. The Balaban J connectivity index is 1.98. The molecular formula is C23H25FO4. The molecule has 0 saturated carbocycles. The van der Waals surface area contributed by atoms with Gasteiger partial charge in [-0.2, -0.15) is 0 Å². The Labute approximate surface area is 164 Å². The van der Waals surface area contributed by atoms with Gasteiger partial charge in [0.2, 0.25) is 0 Å². The predicted octanol–water partition coefficient (Wildman–Crippen LogP) is 4.99. The maximum Gasteiger partial charge on any atom is 0.179 e. The zero-order valence-electron chi connectivity index (χ0n) is 16.8. The molecule has 0 spiro atoms. The summed E-state index contributed by atoms with van der Waals surface area (Å²) in [5, 5.41) is 0. The van der Waals surface area contributed by atoms with E-state index in [4.69, 9.17) is 9.47 Å². The molecule has 0 aliphatic carbocycles. The first kappa shape index (κ1) is 20.2. The summed E-state index contributed by atoms with van der Waals surface area (Å²) in [7, 11) is 0. The minimum Gasteiger partial charge on any atom is -0.457 e. The fourth-order valence-electron chi connectivity index (χ4n) is 3.71. The lowest BCUT2D eigenvalue weighted by atomic mass is 9.74. The zero-order chi connectivity index (χ0) is 20.7. The Morgan fingerprint density at radius 3 is 2.00 bits per heavy atom. The van der Waals surface area contributed by atoms with Crippen LogP contribution in [0, 0.1) is 5.82 Å². The molecular weight excluding hydrogens is 359 g/mol. The van der Waals surface area contributed by atoms with Crippen LogP contribution in [0.1, 0.15) is 51.7 Å². The summed E-state index contributed by atoms with van der Waals surface area (Å²) in [6.45, 7) is 8.77. The molecule has 4 nitrogen and oxygen atoms in total. The van der Waals surface area contributed by atoms with Crippen molar-refractivity contribution in [1.29, 1.82) is 0 Å². The van der Waals surface area contributed by atoms with Crippen molar-refractivity contribution in [2.45, 2.75) is 58.2 Å². The first-order valence-corrected chi connectivity index (χ1v) is 9.40. The molecule has 1 aliphatic rings. The third-order valence-electron chi connectivity index (χ3n) is 5.08. The Morgan fingerprint density at radius 1 is 0.929 bits per heavy atom. The molecule has 1 saturated heterocycles. The second kappa shape index (κ2) is 7.13. The highest BCUT2D eigenvalue weighted by molar-refractivity contribution is 6.15. The lowest BCUT2D eigenvalue weighted by molar-refractivity contribution is -0.184. The van der Waals surface area contributed by atoms with Crippen LogP contribution < -0.4 is 4.74 Å². The highest BCUT2D eigenvalue weighted by Gasteiger charge is 2.53. The van der Waals surface area contributed by atoms with E-state index in [0.29, 0.717) is 23.5 Å². The van der Waals surface area contributed by atoms with Crippen LogP contribution in [0.15, 0.2) is 42.5 Å². The number of hydrogen-bond acceptors (Lipinski definition) is 4. The van der Waals surface area contributed by atoms with Crippen LogP contribution in [-0.2, 0) is 20.7 Å². The van der Waals surface area contributed by atoms with Gasteiger partial charge in [0.25, 0.3) is 0 Å². The lowest BCUT2D eigenvalue weighted by Crippen LogP contribution is -2.58. The first-order valence-electron chi connectivity index (χ1n) is 9.40. The average Bonchev–Trinajstić information content (AvgIpc) is 2.62. The number of carbonyl (C=O) groups is 2. The fraction of sp³-hybridized carbons (Fsp3) is 0.391. The largest absolute Gasteiger partial charge is 0.457 e. The summed E-state index contributed by atoms with van der Waals surface area (Å²) in [4.78, 5) is 26.0. The van der Waals surface area contributed by atoms with Gasteiger partial charge in [0.15, 0.2) is 11.6 Å². The van der Waals surface area contributed by atoms with Gasteiger partial charge in [0.05, 0.1) is 0 Å². The Bertz CT molecular complexity index is 887. The van der Waals surface area contributed by atoms with Gasteiger partial charge in [-0.15, -0.1) is 0 Å². The van der Waals surface area contributed by atoms with Crippen molar-refractivity contribution in [2.24, 2.45) is 0 Å². The van der Waals surface area contributed by atoms with E-state index in [1.54, 1.807) is 52.0 Å². The highest BCUT2D eigenvalue weighted by Crippen LogP contribution is 2.40. The van der Waals surface area contributed by atoms with Crippen LogP contribution in [0.4, 0.5) is 4.39 Å². The molecule has 2 aromatic carbocycles. The quantitative estimate of drug-likeness (QED) is 0.697. The number of halogens is 1. The van der Waals surface area contributed by atoms with E-state index in [1.165, 1.54) is 12.1 Å². The Morgan fingerprint density at radius 2 is 1.46 bits per heavy atom. The number of ether oxygens (including phenoxy) is 2. The molecule has 148 valence electrons. The topological polar surface area (TPSA) is 52.6 Å². The van der Waals surface area contributed by atoms with Gasteiger partial charge in [0, 0.05) is 0 Å². The molecule has 0 unspecified atom stereocenters. The molecule has 5 heteroatoms. The zero-order valence-corrected chi connectivity index (χ0v) is 16.8. The number of aryl methyl sites for hydroxylation is 1. The van der Waals surface area contributed by atoms with E-state index in [-0.39, 0.29) is 17.4 Å². The minimum absolute atomic E-state index is 0.237. The number of hydrogen-bond donors (Lipinski definition) is 0. The van der Waals surface area contributed by atoms with Gasteiger partial charge >= 0.3 is 0 Å². The lowest BCUT2D eigenvalue weighted by Gasteiger charge is -2.43. The molecule has 1 heterocycles. The second-order valence-electron chi connectivity index (χ2n) is 8.05. The maximum absolute atomic E-state index is 13.1. The molecule has 0 atom stereocenters. The smallest absolute Gasteiger partial charge is 0.179 e. The molecule has 1 fully saturated rings. The Kier molecular flexibility index (Phi) is 5.15. The van der Waals surface area contributed by atoms with E-state index in [2.05, 4.69) is 0 Å². The second-order valence-corrected chi connectivity index (χ2v) is 8.05. The van der Waals surface area contributed by atoms with Crippen LogP contribution in [-0.4, -0.2) is 22.8 Å². The molecule has 0 bridgehead atoms. The summed E-state index contributed by atoms with van der Waals surface area (Å²) in [5.41, 5.74) is -0.541. The molecule has 28 heavy (non-hydrogen) atoms. The molecule has 0 radical (unpaired) electrons. The van der Waals surface area contributed by atoms with Crippen molar-refractivity contribution in [1.82, 2.24) is 0 Å².